The maximum absolute atomic E-state index is 13.6. The maximum atomic E-state index is 13.6. The number of piperazine rings is 1. The second-order valence-corrected chi connectivity index (χ2v) is 8.35. The lowest BCUT2D eigenvalue weighted by atomic mass is 9.96. The van der Waals surface area contributed by atoms with Crippen molar-refractivity contribution in [2.75, 3.05) is 51.7 Å². The Hall–Kier alpha value is -2.67. The maximum Gasteiger partial charge on any atom is 0.191 e. The van der Waals surface area contributed by atoms with Gasteiger partial charge in [0.25, 0.3) is 0 Å². The number of pyridine rings is 1. The highest BCUT2D eigenvalue weighted by molar-refractivity contribution is 5.80. The van der Waals surface area contributed by atoms with Gasteiger partial charge in [0.1, 0.15) is 11.6 Å². The Morgan fingerprint density at radius 3 is 2.63 bits per heavy atom. The van der Waals surface area contributed by atoms with E-state index in [1.54, 1.807) is 19.2 Å². The lowest BCUT2D eigenvalue weighted by Crippen LogP contribution is -2.45. The van der Waals surface area contributed by atoms with Crippen LogP contribution in [0.25, 0.3) is 0 Å². The number of nitrogens with zero attached hydrogens (tertiary/aromatic N) is 4. The van der Waals surface area contributed by atoms with Crippen molar-refractivity contribution in [1.82, 2.24) is 20.5 Å². The molecule has 1 aromatic carbocycles. The quantitative estimate of drug-likeness (QED) is 0.566. The number of hydrogen-bond acceptors (Lipinski definition) is 4. The van der Waals surface area contributed by atoms with Crippen LogP contribution in [0.3, 0.4) is 0 Å². The van der Waals surface area contributed by atoms with E-state index in [-0.39, 0.29) is 11.2 Å². The molecule has 7 heteroatoms. The normalized spacial score (nSPS) is 18.9. The highest BCUT2D eigenvalue weighted by Crippen LogP contribution is 2.47. The number of rotatable bonds is 6. The molecular formula is C23H31FN6. The van der Waals surface area contributed by atoms with Gasteiger partial charge in [-0.25, -0.2) is 9.37 Å². The molecule has 30 heavy (non-hydrogen) atoms. The SMILES string of the molecule is CN=C(NCc1cccnc1N1CCN(C)CC1)NCC1(c2cccc(F)c2)CC1. The Labute approximate surface area is 178 Å². The second kappa shape index (κ2) is 9.00. The van der Waals surface area contributed by atoms with Crippen LogP contribution in [0.4, 0.5) is 10.2 Å². The molecule has 0 unspecified atom stereocenters. The number of anilines is 1. The van der Waals surface area contributed by atoms with Crippen LogP contribution >= 0.6 is 0 Å². The first kappa shape index (κ1) is 20.6. The zero-order valence-corrected chi connectivity index (χ0v) is 17.9. The van der Waals surface area contributed by atoms with Gasteiger partial charge in [-0.05, 0) is 43.7 Å². The molecule has 0 spiro atoms. The average Bonchev–Trinajstić information content (AvgIpc) is 3.56. The fourth-order valence-corrected chi connectivity index (χ4v) is 4.06. The molecule has 2 aliphatic rings. The van der Waals surface area contributed by atoms with E-state index >= 15 is 0 Å². The van der Waals surface area contributed by atoms with Crippen molar-refractivity contribution in [3.05, 3.63) is 59.5 Å². The number of aliphatic imine (C=N–C) groups is 1. The minimum absolute atomic E-state index is 0.0129. The largest absolute Gasteiger partial charge is 0.356 e. The highest BCUT2D eigenvalue weighted by Gasteiger charge is 2.44. The third kappa shape index (κ3) is 4.73. The average molecular weight is 411 g/mol. The molecule has 2 heterocycles. The van der Waals surface area contributed by atoms with Crippen molar-refractivity contribution in [3.63, 3.8) is 0 Å². The minimum Gasteiger partial charge on any atom is -0.356 e. The molecule has 0 atom stereocenters. The van der Waals surface area contributed by atoms with E-state index in [1.165, 1.54) is 6.07 Å². The summed E-state index contributed by atoms with van der Waals surface area (Å²) >= 11 is 0. The summed E-state index contributed by atoms with van der Waals surface area (Å²) in [6, 6.07) is 11.1. The van der Waals surface area contributed by atoms with Crippen molar-refractivity contribution >= 4 is 11.8 Å². The summed E-state index contributed by atoms with van der Waals surface area (Å²) in [5.41, 5.74) is 2.24. The van der Waals surface area contributed by atoms with E-state index in [0.717, 1.165) is 68.5 Å². The van der Waals surface area contributed by atoms with E-state index in [0.29, 0.717) is 6.54 Å². The van der Waals surface area contributed by atoms with Crippen LogP contribution in [-0.2, 0) is 12.0 Å². The molecule has 2 fully saturated rings. The first-order valence-electron chi connectivity index (χ1n) is 10.7. The lowest BCUT2D eigenvalue weighted by molar-refractivity contribution is 0.312. The Bertz CT molecular complexity index is 887. The van der Waals surface area contributed by atoms with E-state index < -0.39 is 0 Å². The predicted molar refractivity (Wildman–Crippen MR) is 119 cm³/mol. The molecule has 0 radical (unpaired) electrons. The monoisotopic (exact) mass is 410 g/mol. The Morgan fingerprint density at radius 1 is 1.13 bits per heavy atom. The van der Waals surface area contributed by atoms with Crippen molar-refractivity contribution in [1.29, 1.82) is 0 Å². The van der Waals surface area contributed by atoms with Crippen LogP contribution in [0, 0.1) is 5.82 Å². The van der Waals surface area contributed by atoms with E-state index in [4.69, 9.17) is 0 Å². The van der Waals surface area contributed by atoms with Gasteiger partial charge in [0.05, 0.1) is 0 Å². The van der Waals surface area contributed by atoms with Crippen molar-refractivity contribution in [3.8, 4) is 0 Å². The summed E-state index contributed by atoms with van der Waals surface area (Å²) < 4.78 is 13.6. The Morgan fingerprint density at radius 2 is 1.93 bits per heavy atom. The van der Waals surface area contributed by atoms with Crippen molar-refractivity contribution < 1.29 is 4.39 Å². The topological polar surface area (TPSA) is 55.8 Å². The lowest BCUT2D eigenvalue weighted by Gasteiger charge is -2.34. The van der Waals surface area contributed by atoms with Gasteiger partial charge >= 0.3 is 0 Å². The molecule has 1 saturated carbocycles. The molecule has 1 aliphatic carbocycles. The summed E-state index contributed by atoms with van der Waals surface area (Å²) in [5, 5.41) is 6.87. The smallest absolute Gasteiger partial charge is 0.191 e. The van der Waals surface area contributed by atoms with Gasteiger partial charge in [-0.15, -0.1) is 0 Å². The molecule has 1 saturated heterocycles. The minimum atomic E-state index is -0.172. The molecule has 1 aromatic heterocycles. The van der Waals surface area contributed by atoms with Crippen LogP contribution < -0.4 is 15.5 Å². The molecule has 1 aliphatic heterocycles. The Balaban J connectivity index is 1.35. The third-order valence-corrected chi connectivity index (χ3v) is 6.22. The fraction of sp³-hybridized carbons (Fsp3) is 0.478. The van der Waals surface area contributed by atoms with E-state index in [2.05, 4.69) is 43.5 Å². The van der Waals surface area contributed by atoms with Gasteiger partial charge in [0.15, 0.2) is 5.96 Å². The fourth-order valence-electron chi connectivity index (χ4n) is 4.06. The molecule has 2 aromatic rings. The number of aromatic nitrogens is 1. The first-order chi connectivity index (χ1) is 14.6. The summed E-state index contributed by atoms with van der Waals surface area (Å²) in [6.45, 7) is 5.48. The number of guanidine groups is 1. The summed E-state index contributed by atoms with van der Waals surface area (Å²) in [6.07, 6.45) is 3.99. The third-order valence-electron chi connectivity index (χ3n) is 6.22. The van der Waals surface area contributed by atoms with Gasteiger partial charge in [0.2, 0.25) is 0 Å². The predicted octanol–water partition coefficient (Wildman–Crippen LogP) is 2.37. The zero-order chi connectivity index (χ0) is 21.0. The van der Waals surface area contributed by atoms with Crippen molar-refractivity contribution in [2.45, 2.75) is 24.8 Å². The summed E-state index contributed by atoms with van der Waals surface area (Å²) in [4.78, 5) is 13.7. The number of hydrogen-bond donors (Lipinski definition) is 2. The van der Waals surface area contributed by atoms with Crippen molar-refractivity contribution in [2.24, 2.45) is 4.99 Å². The molecule has 0 bridgehead atoms. The molecule has 160 valence electrons. The van der Waals surface area contributed by atoms with Crippen LogP contribution in [0.1, 0.15) is 24.0 Å². The van der Waals surface area contributed by atoms with E-state index in [9.17, 15) is 4.39 Å². The standard InChI is InChI=1S/C23H31FN6/c1-25-22(28-17-23(8-9-23)19-6-3-7-20(24)15-19)27-16-18-5-4-10-26-21(18)30-13-11-29(2)12-14-30/h3-7,10,15H,8-9,11-14,16-17H2,1-2H3,(H2,25,27,28). The molecule has 6 nitrogen and oxygen atoms in total. The number of likely N-dealkylation sites (N-methyl/N-ethyl adjacent to an activating group) is 1. The molecule has 4 rings (SSSR count). The van der Waals surface area contributed by atoms with Gasteiger partial charge in [-0.3, -0.25) is 4.99 Å². The van der Waals surface area contributed by atoms with Gasteiger partial charge in [0, 0.05) is 63.5 Å². The molecular weight excluding hydrogens is 379 g/mol. The second-order valence-electron chi connectivity index (χ2n) is 8.35. The van der Waals surface area contributed by atoms with E-state index in [1.807, 2.05) is 18.3 Å². The number of halogens is 1. The highest BCUT2D eigenvalue weighted by atomic mass is 19.1. The number of benzene rings is 1. The van der Waals surface area contributed by atoms with Crippen LogP contribution in [-0.4, -0.2) is 62.7 Å². The van der Waals surface area contributed by atoms with Gasteiger partial charge in [-0.1, -0.05) is 18.2 Å². The summed E-state index contributed by atoms with van der Waals surface area (Å²) in [7, 11) is 3.94. The van der Waals surface area contributed by atoms with Crippen LogP contribution in [0.5, 0.6) is 0 Å². The summed E-state index contributed by atoms with van der Waals surface area (Å²) in [5.74, 6) is 1.63. The van der Waals surface area contributed by atoms with Crippen LogP contribution in [0.2, 0.25) is 0 Å². The zero-order valence-electron chi connectivity index (χ0n) is 17.9. The number of nitrogens with one attached hydrogen (secondary N) is 2. The van der Waals surface area contributed by atoms with Crippen LogP contribution in [0.15, 0.2) is 47.6 Å². The van der Waals surface area contributed by atoms with Gasteiger partial charge in [-0.2, -0.15) is 0 Å². The molecule has 0 amide bonds. The Kier molecular flexibility index (Phi) is 6.18. The first-order valence-corrected chi connectivity index (χ1v) is 10.7. The van der Waals surface area contributed by atoms with Gasteiger partial charge < -0.3 is 20.4 Å². The molecule has 2 N–H and O–H groups in total.